The number of rotatable bonds is 4. The Kier molecular flexibility index (Phi) is 4.88. The lowest BCUT2D eigenvalue weighted by atomic mass is 9.88. The molecule has 1 amide bonds. The molecular weight excluding hydrogens is 264 g/mol. The van der Waals surface area contributed by atoms with E-state index in [2.05, 4.69) is 26.1 Å². The highest BCUT2D eigenvalue weighted by Crippen LogP contribution is 2.33. The fourth-order valence-corrected chi connectivity index (χ4v) is 2.83. The quantitative estimate of drug-likeness (QED) is 0.895. The van der Waals surface area contributed by atoms with Gasteiger partial charge in [0.2, 0.25) is 5.91 Å². The molecule has 0 bridgehead atoms. The summed E-state index contributed by atoms with van der Waals surface area (Å²) in [5.74, 6) is 0.745. The SMILES string of the molecule is CC(C)(C)CC(N)CNC(=O)C1CCOc2ccccc21. The van der Waals surface area contributed by atoms with Gasteiger partial charge in [0.05, 0.1) is 12.5 Å². The van der Waals surface area contributed by atoms with Crippen LogP contribution in [0.5, 0.6) is 5.75 Å². The van der Waals surface area contributed by atoms with E-state index < -0.39 is 0 Å². The third kappa shape index (κ3) is 4.46. The summed E-state index contributed by atoms with van der Waals surface area (Å²) in [5, 5.41) is 3.00. The summed E-state index contributed by atoms with van der Waals surface area (Å²) < 4.78 is 5.59. The van der Waals surface area contributed by atoms with E-state index in [9.17, 15) is 4.79 Å². The van der Waals surface area contributed by atoms with E-state index in [1.807, 2.05) is 24.3 Å². The number of fused-ring (bicyclic) bond motifs is 1. The zero-order valence-electron chi connectivity index (χ0n) is 13.2. The molecule has 0 spiro atoms. The molecule has 2 atom stereocenters. The van der Waals surface area contributed by atoms with E-state index >= 15 is 0 Å². The second-order valence-corrected chi connectivity index (χ2v) is 7.00. The van der Waals surface area contributed by atoms with Gasteiger partial charge in [-0.25, -0.2) is 0 Å². The Morgan fingerprint density at radius 2 is 2.14 bits per heavy atom. The van der Waals surface area contributed by atoms with Gasteiger partial charge in [0.25, 0.3) is 0 Å². The van der Waals surface area contributed by atoms with Crippen LogP contribution in [0.3, 0.4) is 0 Å². The van der Waals surface area contributed by atoms with Crippen molar-refractivity contribution >= 4 is 5.91 Å². The molecule has 1 aliphatic heterocycles. The highest BCUT2D eigenvalue weighted by molar-refractivity contribution is 5.84. The maximum Gasteiger partial charge on any atom is 0.227 e. The van der Waals surface area contributed by atoms with Gasteiger partial charge in [0.15, 0.2) is 0 Å². The first-order valence-electron chi connectivity index (χ1n) is 7.62. The van der Waals surface area contributed by atoms with Crippen molar-refractivity contribution in [3.63, 3.8) is 0 Å². The predicted octanol–water partition coefficient (Wildman–Crippen LogP) is 2.43. The molecule has 4 nitrogen and oxygen atoms in total. The molecule has 21 heavy (non-hydrogen) atoms. The molecule has 3 N–H and O–H groups in total. The number of carbonyl (C=O) groups excluding carboxylic acids is 1. The van der Waals surface area contributed by atoms with Crippen LogP contribution in [0.4, 0.5) is 0 Å². The van der Waals surface area contributed by atoms with E-state index in [4.69, 9.17) is 10.5 Å². The number of carbonyl (C=O) groups is 1. The molecule has 1 aromatic carbocycles. The van der Waals surface area contributed by atoms with Crippen molar-refractivity contribution in [1.82, 2.24) is 5.32 Å². The standard InChI is InChI=1S/C17H26N2O2/c1-17(2,3)10-12(18)11-19-16(20)14-8-9-21-15-7-5-4-6-13(14)15/h4-7,12,14H,8-11,18H2,1-3H3,(H,19,20). The molecule has 0 saturated carbocycles. The lowest BCUT2D eigenvalue weighted by molar-refractivity contribution is -0.123. The highest BCUT2D eigenvalue weighted by atomic mass is 16.5. The van der Waals surface area contributed by atoms with Crippen LogP contribution in [-0.4, -0.2) is 25.1 Å². The van der Waals surface area contributed by atoms with Crippen LogP contribution in [-0.2, 0) is 4.79 Å². The van der Waals surface area contributed by atoms with Gasteiger partial charge in [0, 0.05) is 18.2 Å². The third-order valence-corrected chi connectivity index (χ3v) is 3.69. The number of ether oxygens (including phenoxy) is 1. The molecule has 0 radical (unpaired) electrons. The van der Waals surface area contributed by atoms with Crippen molar-refractivity contribution < 1.29 is 9.53 Å². The van der Waals surface area contributed by atoms with Crippen molar-refractivity contribution in [2.75, 3.05) is 13.2 Å². The summed E-state index contributed by atoms with van der Waals surface area (Å²) in [4.78, 5) is 12.4. The summed E-state index contributed by atoms with van der Waals surface area (Å²) >= 11 is 0. The van der Waals surface area contributed by atoms with Gasteiger partial charge in [-0.3, -0.25) is 4.79 Å². The lowest BCUT2D eigenvalue weighted by Crippen LogP contribution is -2.41. The van der Waals surface area contributed by atoms with E-state index in [0.717, 1.165) is 24.2 Å². The molecule has 0 aliphatic carbocycles. The van der Waals surface area contributed by atoms with Gasteiger partial charge in [-0.15, -0.1) is 0 Å². The molecule has 116 valence electrons. The van der Waals surface area contributed by atoms with Gasteiger partial charge >= 0.3 is 0 Å². The Balaban J connectivity index is 1.93. The smallest absolute Gasteiger partial charge is 0.227 e. The molecule has 1 aliphatic rings. The summed E-state index contributed by atoms with van der Waals surface area (Å²) in [6.45, 7) is 7.58. The van der Waals surface area contributed by atoms with Gasteiger partial charge in [-0.2, -0.15) is 0 Å². The van der Waals surface area contributed by atoms with Crippen molar-refractivity contribution in [1.29, 1.82) is 0 Å². The number of hydrogen-bond acceptors (Lipinski definition) is 3. The normalized spacial score (nSPS) is 19.3. The molecular formula is C17H26N2O2. The molecule has 0 fully saturated rings. The fourth-order valence-electron chi connectivity index (χ4n) is 2.83. The van der Waals surface area contributed by atoms with Crippen molar-refractivity contribution in [2.24, 2.45) is 11.1 Å². The topological polar surface area (TPSA) is 64.3 Å². The molecule has 0 saturated heterocycles. The largest absolute Gasteiger partial charge is 0.493 e. The molecule has 4 heteroatoms. The first-order chi connectivity index (χ1) is 9.87. The minimum atomic E-state index is -0.128. The first-order valence-corrected chi connectivity index (χ1v) is 7.62. The number of hydrogen-bond donors (Lipinski definition) is 2. The van der Waals surface area contributed by atoms with E-state index in [-0.39, 0.29) is 23.3 Å². The number of benzene rings is 1. The van der Waals surface area contributed by atoms with Crippen LogP contribution in [0.25, 0.3) is 0 Å². The number of nitrogens with two attached hydrogens (primary N) is 1. The Bertz CT molecular complexity index is 494. The van der Waals surface area contributed by atoms with E-state index in [1.54, 1.807) is 0 Å². The first kappa shape index (κ1) is 15.8. The van der Waals surface area contributed by atoms with Crippen LogP contribution in [0.1, 0.15) is 45.1 Å². The fraction of sp³-hybridized carbons (Fsp3) is 0.588. The monoisotopic (exact) mass is 290 g/mol. The number of para-hydroxylation sites is 1. The van der Waals surface area contributed by atoms with E-state index in [0.29, 0.717) is 13.2 Å². The second-order valence-electron chi connectivity index (χ2n) is 7.00. The Morgan fingerprint density at radius 3 is 2.86 bits per heavy atom. The van der Waals surface area contributed by atoms with Crippen LogP contribution >= 0.6 is 0 Å². The Morgan fingerprint density at radius 1 is 1.43 bits per heavy atom. The highest BCUT2D eigenvalue weighted by Gasteiger charge is 2.27. The summed E-state index contributed by atoms with van der Waals surface area (Å²) in [6.07, 6.45) is 1.61. The van der Waals surface area contributed by atoms with Gasteiger partial charge < -0.3 is 15.8 Å². The maximum atomic E-state index is 12.4. The Hall–Kier alpha value is -1.55. The predicted molar refractivity (Wildman–Crippen MR) is 84.4 cm³/mol. The lowest BCUT2D eigenvalue weighted by Gasteiger charge is -2.27. The number of amides is 1. The van der Waals surface area contributed by atoms with Crippen LogP contribution in [0, 0.1) is 5.41 Å². The molecule has 1 heterocycles. The zero-order chi connectivity index (χ0) is 15.5. The van der Waals surface area contributed by atoms with Crippen molar-refractivity contribution in [2.45, 2.75) is 45.6 Å². The average Bonchev–Trinajstić information content (AvgIpc) is 2.42. The Labute approximate surface area is 127 Å². The average molecular weight is 290 g/mol. The van der Waals surface area contributed by atoms with Gasteiger partial charge in [0.1, 0.15) is 5.75 Å². The molecule has 2 unspecified atom stereocenters. The second kappa shape index (κ2) is 6.48. The molecule has 1 aromatic rings. The minimum absolute atomic E-state index is 0.0102. The molecule has 2 rings (SSSR count). The van der Waals surface area contributed by atoms with Crippen LogP contribution in [0.2, 0.25) is 0 Å². The summed E-state index contributed by atoms with van der Waals surface area (Å²) in [6, 6.07) is 7.75. The maximum absolute atomic E-state index is 12.4. The minimum Gasteiger partial charge on any atom is -0.493 e. The van der Waals surface area contributed by atoms with E-state index in [1.165, 1.54) is 0 Å². The molecule has 0 aromatic heterocycles. The summed E-state index contributed by atoms with van der Waals surface area (Å²) in [7, 11) is 0. The van der Waals surface area contributed by atoms with Crippen molar-refractivity contribution in [3.8, 4) is 5.75 Å². The van der Waals surface area contributed by atoms with Gasteiger partial charge in [-0.05, 0) is 24.3 Å². The van der Waals surface area contributed by atoms with Crippen molar-refractivity contribution in [3.05, 3.63) is 29.8 Å². The summed E-state index contributed by atoms with van der Waals surface area (Å²) in [5.41, 5.74) is 7.25. The number of nitrogens with one attached hydrogen (secondary N) is 1. The van der Waals surface area contributed by atoms with Crippen LogP contribution < -0.4 is 15.8 Å². The van der Waals surface area contributed by atoms with Gasteiger partial charge in [-0.1, -0.05) is 39.0 Å². The third-order valence-electron chi connectivity index (χ3n) is 3.69. The zero-order valence-corrected chi connectivity index (χ0v) is 13.2. The van der Waals surface area contributed by atoms with Crippen LogP contribution in [0.15, 0.2) is 24.3 Å².